The number of hydrogen-bond acceptors (Lipinski definition) is 4. The van der Waals surface area contributed by atoms with Gasteiger partial charge in [0.25, 0.3) is 5.69 Å². The second-order valence-electron chi connectivity index (χ2n) is 3.06. The fourth-order valence-electron chi connectivity index (χ4n) is 1.29. The molecule has 5 heteroatoms. The van der Waals surface area contributed by atoms with Gasteiger partial charge in [0.1, 0.15) is 11.2 Å². The van der Waals surface area contributed by atoms with Gasteiger partial charge < -0.3 is 0 Å². The minimum Gasteiger partial charge on any atom is -0.258 e. The van der Waals surface area contributed by atoms with E-state index < -0.39 is 0 Å². The molecule has 1 radical (unpaired) electrons. The second kappa shape index (κ2) is 3.78. The number of nitro benzene ring substituents is 1. The van der Waals surface area contributed by atoms with Gasteiger partial charge >= 0.3 is 0 Å². The number of benzene rings is 1. The molecule has 0 N–H and O–H groups in total. The van der Waals surface area contributed by atoms with E-state index in [0.717, 1.165) is 5.56 Å². The smallest absolute Gasteiger partial charge is 0.258 e. The molecule has 0 atom stereocenters. The molecule has 75 valence electrons. The van der Waals surface area contributed by atoms with Crippen molar-refractivity contribution < 1.29 is 4.92 Å². The topological polar surface area (TPSA) is 56.0 Å². The van der Waals surface area contributed by atoms with Crippen LogP contribution in [-0.4, -0.2) is 9.91 Å². The molecule has 4 nitrogen and oxygen atoms in total. The first kappa shape index (κ1) is 9.79. The van der Waals surface area contributed by atoms with Crippen molar-refractivity contribution in [3.05, 3.63) is 45.5 Å². The summed E-state index contributed by atoms with van der Waals surface area (Å²) in [6, 6.07) is 5.11. The largest absolute Gasteiger partial charge is 0.279 e. The average Bonchev–Trinajstić information content (AvgIpc) is 2.70. The average molecular weight is 219 g/mol. The number of nitrogens with zero attached hydrogens (tertiary/aromatic N) is 2. The van der Waals surface area contributed by atoms with Crippen LogP contribution in [0.25, 0.3) is 10.6 Å². The van der Waals surface area contributed by atoms with E-state index in [1.54, 1.807) is 17.5 Å². The Bertz CT molecular complexity index is 494. The molecule has 0 spiro atoms. The fraction of sp³-hybridized carbons (Fsp3) is 0.100. The third-order valence-electron chi connectivity index (χ3n) is 1.97. The van der Waals surface area contributed by atoms with Crippen LogP contribution in [-0.2, 0) is 0 Å². The van der Waals surface area contributed by atoms with Crippen molar-refractivity contribution in [1.29, 1.82) is 0 Å². The van der Waals surface area contributed by atoms with Gasteiger partial charge in [-0.3, -0.25) is 10.1 Å². The van der Waals surface area contributed by atoms with Gasteiger partial charge in [0.15, 0.2) is 0 Å². The van der Waals surface area contributed by atoms with Gasteiger partial charge in [-0.15, -0.1) is 11.3 Å². The van der Waals surface area contributed by atoms with Crippen LogP contribution in [0.15, 0.2) is 23.6 Å². The Labute approximate surface area is 90.4 Å². The predicted molar refractivity (Wildman–Crippen MR) is 57.8 cm³/mol. The molecule has 0 unspecified atom stereocenters. The summed E-state index contributed by atoms with van der Waals surface area (Å²) in [5.74, 6) is 0. The monoisotopic (exact) mass is 219 g/mol. The molecule has 2 aromatic rings. The second-order valence-corrected chi connectivity index (χ2v) is 3.92. The first-order chi connectivity index (χ1) is 7.18. The van der Waals surface area contributed by atoms with Crippen LogP contribution in [0.5, 0.6) is 0 Å². The van der Waals surface area contributed by atoms with Crippen LogP contribution in [0.3, 0.4) is 0 Å². The van der Waals surface area contributed by atoms with Gasteiger partial charge in [-0.05, 0) is 18.6 Å². The predicted octanol–water partition coefficient (Wildman–Crippen LogP) is 2.83. The number of rotatable bonds is 2. The summed E-state index contributed by atoms with van der Waals surface area (Å²) in [6.07, 6.45) is 2.65. The SMILES string of the molecule is Cc1ccc(-c2n[c]cs2)c([N+](=O)[O-])c1. The maximum absolute atomic E-state index is 10.8. The molecular formula is C10H7N2O2S. The minimum atomic E-state index is -0.385. The lowest BCUT2D eigenvalue weighted by atomic mass is 10.1. The van der Waals surface area contributed by atoms with Crippen molar-refractivity contribution in [1.82, 2.24) is 4.98 Å². The number of hydrogen-bond donors (Lipinski definition) is 0. The fourth-order valence-corrected chi connectivity index (χ4v) is 1.91. The van der Waals surface area contributed by atoms with Gasteiger partial charge in [-0.1, -0.05) is 6.07 Å². The molecule has 0 saturated heterocycles. The summed E-state index contributed by atoms with van der Waals surface area (Å²) < 4.78 is 0. The number of nitro groups is 1. The van der Waals surface area contributed by atoms with Gasteiger partial charge in [0.05, 0.1) is 10.5 Å². The summed E-state index contributed by atoms with van der Waals surface area (Å²) >= 11 is 1.34. The molecule has 0 saturated carbocycles. The maximum Gasteiger partial charge on any atom is 0.279 e. The quantitative estimate of drug-likeness (QED) is 0.576. The molecule has 0 fully saturated rings. The molecule has 0 bridgehead atoms. The summed E-state index contributed by atoms with van der Waals surface area (Å²) in [4.78, 5) is 14.4. The summed E-state index contributed by atoms with van der Waals surface area (Å²) in [6.45, 7) is 1.82. The zero-order valence-corrected chi connectivity index (χ0v) is 8.75. The molecule has 0 aliphatic heterocycles. The molecule has 0 aliphatic carbocycles. The first-order valence-electron chi connectivity index (χ1n) is 4.25. The molecule has 0 aliphatic rings. The van der Waals surface area contributed by atoms with E-state index in [-0.39, 0.29) is 10.6 Å². The standard InChI is InChI=1S/C10H7N2O2S/c1-7-2-3-8(9(6-7)12(13)14)10-11-4-5-15-10/h2-3,5-6H,1H3. The Balaban J connectivity index is 2.61. The van der Waals surface area contributed by atoms with Crippen LogP contribution >= 0.6 is 11.3 Å². The van der Waals surface area contributed by atoms with E-state index in [9.17, 15) is 10.1 Å². The van der Waals surface area contributed by atoms with E-state index in [1.165, 1.54) is 11.3 Å². The van der Waals surface area contributed by atoms with Crippen LogP contribution in [0, 0.1) is 23.2 Å². The molecule has 0 amide bonds. The highest BCUT2D eigenvalue weighted by Gasteiger charge is 2.16. The van der Waals surface area contributed by atoms with Gasteiger partial charge in [-0.25, -0.2) is 4.98 Å². The molecule has 1 aromatic carbocycles. The third-order valence-corrected chi connectivity index (χ3v) is 2.73. The Morgan fingerprint density at radius 1 is 1.53 bits per heavy atom. The van der Waals surface area contributed by atoms with Gasteiger partial charge in [0.2, 0.25) is 0 Å². The van der Waals surface area contributed by atoms with E-state index in [1.807, 2.05) is 13.0 Å². The molecule has 2 rings (SSSR count). The lowest BCUT2D eigenvalue weighted by Gasteiger charge is -2.00. The van der Waals surface area contributed by atoms with Crippen molar-refractivity contribution >= 4 is 17.0 Å². The Kier molecular flexibility index (Phi) is 2.47. The van der Waals surface area contributed by atoms with E-state index in [4.69, 9.17) is 0 Å². The lowest BCUT2D eigenvalue weighted by molar-refractivity contribution is -0.384. The molecule has 15 heavy (non-hydrogen) atoms. The Hall–Kier alpha value is -1.75. The van der Waals surface area contributed by atoms with Crippen molar-refractivity contribution in [2.24, 2.45) is 0 Å². The molecule has 1 heterocycles. The molecular weight excluding hydrogens is 212 g/mol. The number of aromatic nitrogens is 1. The summed E-state index contributed by atoms with van der Waals surface area (Å²) in [5.41, 5.74) is 1.51. The number of thiazole rings is 1. The van der Waals surface area contributed by atoms with Crippen LogP contribution in [0.2, 0.25) is 0 Å². The highest BCUT2D eigenvalue weighted by molar-refractivity contribution is 7.13. The van der Waals surface area contributed by atoms with Crippen molar-refractivity contribution in [2.75, 3.05) is 0 Å². The minimum absolute atomic E-state index is 0.0957. The van der Waals surface area contributed by atoms with Crippen molar-refractivity contribution in [3.8, 4) is 10.6 Å². The lowest BCUT2D eigenvalue weighted by Crippen LogP contribution is -1.92. The van der Waals surface area contributed by atoms with Gasteiger partial charge in [0, 0.05) is 11.4 Å². The van der Waals surface area contributed by atoms with E-state index in [2.05, 4.69) is 11.2 Å². The normalized spacial score (nSPS) is 10.2. The first-order valence-corrected chi connectivity index (χ1v) is 5.13. The highest BCUT2D eigenvalue weighted by Crippen LogP contribution is 2.31. The highest BCUT2D eigenvalue weighted by atomic mass is 32.1. The van der Waals surface area contributed by atoms with Crippen LogP contribution in [0.4, 0.5) is 5.69 Å². The van der Waals surface area contributed by atoms with Crippen molar-refractivity contribution in [2.45, 2.75) is 6.92 Å². The Morgan fingerprint density at radius 3 is 2.93 bits per heavy atom. The zero-order valence-electron chi connectivity index (χ0n) is 7.93. The maximum atomic E-state index is 10.8. The van der Waals surface area contributed by atoms with Crippen LogP contribution in [0.1, 0.15) is 5.56 Å². The zero-order chi connectivity index (χ0) is 10.8. The summed E-state index contributed by atoms with van der Waals surface area (Å²) in [5, 5.41) is 13.1. The van der Waals surface area contributed by atoms with Crippen molar-refractivity contribution in [3.63, 3.8) is 0 Å². The Morgan fingerprint density at radius 2 is 2.33 bits per heavy atom. The van der Waals surface area contributed by atoms with Gasteiger partial charge in [-0.2, -0.15) is 0 Å². The van der Waals surface area contributed by atoms with Crippen LogP contribution < -0.4 is 0 Å². The summed E-state index contributed by atoms with van der Waals surface area (Å²) in [7, 11) is 0. The van der Waals surface area contributed by atoms with E-state index >= 15 is 0 Å². The third kappa shape index (κ3) is 1.87. The van der Waals surface area contributed by atoms with E-state index in [0.29, 0.717) is 10.6 Å². The molecule has 1 aromatic heterocycles. The number of aryl methyl sites for hydroxylation is 1.